The van der Waals surface area contributed by atoms with Crippen molar-refractivity contribution < 1.29 is 42.7 Å². The molecule has 0 aliphatic carbocycles. The summed E-state index contributed by atoms with van der Waals surface area (Å²) in [5, 5.41) is 8.90. The van der Waals surface area contributed by atoms with Gasteiger partial charge in [0.05, 0.1) is 19.8 Å². The summed E-state index contributed by atoms with van der Waals surface area (Å²) < 4.78 is 33.3. The van der Waals surface area contributed by atoms with Gasteiger partial charge in [-0.15, -0.1) is 0 Å². The topological polar surface area (TPSA) is 155 Å². The summed E-state index contributed by atoms with van der Waals surface area (Å²) in [6, 6.07) is -1.49. The maximum atomic E-state index is 12.6. The number of nitrogens with two attached hydrogens (primary N) is 1. The molecule has 11 heteroatoms. The molecule has 0 aromatic heterocycles. The van der Waals surface area contributed by atoms with Crippen molar-refractivity contribution in [3.05, 3.63) is 85.1 Å². The van der Waals surface area contributed by atoms with Crippen LogP contribution in [0.5, 0.6) is 0 Å². The van der Waals surface area contributed by atoms with E-state index < -0.39 is 45.1 Å². The van der Waals surface area contributed by atoms with Crippen LogP contribution in [0.3, 0.4) is 0 Å². The Kier molecular flexibility index (Phi) is 40.2. The van der Waals surface area contributed by atoms with E-state index in [4.69, 9.17) is 29.4 Å². The number of carboxylic acids is 1. The zero-order valence-corrected chi connectivity index (χ0v) is 37.0. The minimum absolute atomic E-state index is 0.0149. The molecule has 0 aromatic carbocycles. The van der Waals surface area contributed by atoms with Crippen molar-refractivity contribution in [2.45, 2.75) is 174 Å². The molecule has 0 aliphatic heterocycles. The summed E-state index contributed by atoms with van der Waals surface area (Å²) in [5.74, 6) is -1.85. The fraction of sp³-hybridized carbons (Fsp3) is 0.660. The molecule has 3 unspecified atom stereocenters. The lowest BCUT2D eigenvalue weighted by atomic mass is 10.1. The molecular formula is C47H80NO9P. The maximum absolute atomic E-state index is 12.6. The molecule has 58 heavy (non-hydrogen) atoms. The molecule has 10 nitrogen and oxygen atoms in total. The van der Waals surface area contributed by atoms with Crippen molar-refractivity contribution in [3.8, 4) is 0 Å². The van der Waals surface area contributed by atoms with Crippen LogP contribution >= 0.6 is 7.82 Å². The van der Waals surface area contributed by atoms with Crippen LogP contribution in [-0.2, 0) is 32.7 Å². The van der Waals surface area contributed by atoms with Crippen LogP contribution in [0.25, 0.3) is 0 Å². The monoisotopic (exact) mass is 834 g/mol. The van der Waals surface area contributed by atoms with Crippen molar-refractivity contribution in [1.82, 2.24) is 0 Å². The lowest BCUT2D eigenvalue weighted by Crippen LogP contribution is -2.34. The maximum Gasteiger partial charge on any atom is 0.472 e. The van der Waals surface area contributed by atoms with Crippen molar-refractivity contribution >= 4 is 19.8 Å². The number of phosphoric ester groups is 1. The zero-order chi connectivity index (χ0) is 42.6. The van der Waals surface area contributed by atoms with Crippen LogP contribution in [0.1, 0.15) is 162 Å². The number of esters is 1. The van der Waals surface area contributed by atoms with E-state index in [-0.39, 0.29) is 13.0 Å². The third-order valence-electron chi connectivity index (χ3n) is 8.91. The number of allylic oxidation sites excluding steroid dienone is 14. The minimum Gasteiger partial charge on any atom is -0.480 e. The minimum atomic E-state index is -4.64. The molecule has 332 valence electrons. The highest BCUT2D eigenvalue weighted by Gasteiger charge is 2.27. The molecule has 0 fully saturated rings. The highest BCUT2D eigenvalue weighted by Crippen LogP contribution is 2.43. The van der Waals surface area contributed by atoms with E-state index in [2.05, 4.69) is 92.8 Å². The molecule has 3 atom stereocenters. The smallest absolute Gasteiger partial charge is 0.472 e. The Balaban J connectivity index is 4.35. The SMILES string of the molecule is CC/C=C\C/C=C\C/C=C\C/C=C\C/C=C\CCCC(=O)OC(COCCCCCCCCCC/C=C\C/C=C\CCCCCC)COP(=O)(O)OCC(N)C(=O)O. The van der Waals surface area contributed by atoms with Crippen molar-refractivity contribution in [2.24, 2.45) is 5.73 Å². The van der Waals surface area contributed by atoms with Gasteiger partial charge in [-0.2, -0.15) is 0 Å². The number of carbonyl (C=O) groups is 2. The van der Waals surface area contributed by atoms with Gasteiger partial charge < -0.3 is 25.2 Å². The number of unbranched alkanes of at least 4 members (excludes halogenated alkanes) is 13. The third kappa shape index (κ3) is 41.3. The molecule has 0 heterocycles. The van der Waals surface area contributed by atoms with Gasteiger partial charge in [0.25, 0.3) is 0 Å². The molecule has 0 radical (unpaired) electrons. The Morgan fingerprint density at radius 1 is 0.569 bits per heavy atom. The van der Waals surface area contributed by atoms with Gasteiger partial charge in [-0.25, -0.2) is 4.57 Å². The Hall–Kier alpha value is -2.85. The summed E-state index contributed by atoms with van der Waals surface area (Å²) in [7, 11) is -4.64. The van der Waals surface area contributed by atoms with E-state index in [0.29, 0.717) is 19.4 Å². The number of ether oxygens (including phenoxy) is 2. The molecular weight excluding hydrogens is 753 g/mol. The molecule has 0 bridgehead atoms. The molecule has 0 saturated carbocycles. The summed E-state index contributed by atoms with van der Waals surface area (Å²) >= 11 is 0. The van der Waals surface area contributed by atoms with Gasteiger partial charge in [-0.05, 0) is 83.5 Å². The summed E-state index contributed by atoms with van der Waals surface area (Å²) in [6.45, 7) is 3.65. The second kappa shape index (κ2) is 42.3. The largest absolute Gasteiger partial charge is 0.480 e. The molecule has 4 N–H and O–H groups in total. The van der Waals surface area contributed by atoms with Gasteiger partial charge >= 0.3 is 19.8 Å². The number of carbonyl (C=O) groups excluding carboxylic acids is 1. The number of aliphatic carboxylic acids is 1. The van der Waals surface area contributed by atoms with E-state index in [9.17, 15) is 19.0 Å². The van der Waals surface area contributed by atoms with E-state index in [1.54, 1.807) is 0 Å². The first kappa shape index (κ1) is 55.2. The highest BCUT2D eigenvalue weighted by atomic mass is 31.2. The Morgan fingerprint density at radius 2 is 1.00 bits per heavy atom. The average Bonchev–Trinajstić information content (AvgIpc) is 3.20. The lowest BCUT2D eigenvalue weighted by molar-refractivity contribution is -0.154. The Bertz CT molecular complexity index is 1240. The number of carboxylic acid groups (broad SMARTS) is 1. The predicted molar refractivity (Wildman–Crippen MR) is 240 cm³/mol. The quantitative estimate of drug-likeness (QED) is 0.0235. The van der Waals surface area contributed by atoms with E-state index in [1.807, 2.05) is 6.08 Å². The van der Waals surface area contributed by atoms with Gasteiger partial charge in [0.15, 0.2) is 0 Å². The summed E-state index contributed by atoms with van der Waals surface area (Å²) in [4.78, 5) is 33.5. The molecule has 0 saturated heterocycles. The first-order valence-corrected chi connectivity index (χ1v) is 23.6. The zero-order valence-electron chi connectivity index (χ0n) is 36.1. The normalized spacial score (nSPS) is 14.7. The summed E-state index contributed by atoms with van der Waals surface area (Å²) in [5.41, 5.74) is 5.35. The standard InChI is InChI=1S/C47H80NO9P/c1-3-5-7-9-11-13-15-17-19-21-22-24-26-28-30-32-34-36-38-40-54-41-44(42-55-58(52,53)56-43-45(48)47(50)51)57-46(49)39-37-35-33-31-29-27-25-23-20-18-16-14-12-10-8-6-4-2/h6,8,12-15,18-21,25,27,31,33,44-45H,3-5,7,9-11,16-17,22-24,26,28-30,32,34-43,48H2,1-2H3,(H,50,51)(H,52,53)/b8-6-,14-12-,15-13-,20-18-,21-19-,27-25-,33-31-. The van der Waals surface area contributed by atoms with Crippen LogP contribution in [0.2, 0.25) is 0 Å². The van der Waals surface area contributed by atoms with Gasteiger partial charge in [-0.1, -0.05) is 157 Å². The fourth-order valence-corrected chi connectivity index (χ4v) is 6.27. The predicted octanol–water partition coefficient (Wildman–Crippen LogP) is 12.4. The molecule has 0 rings (SSSR count). The van der Waals surface area contributed by atoms with Crippen LogP contribution in [0.15, 0.2) is 85.1 Å². The fourth-order valence-electron chi connectivity index (χ4n) is 5.49. The second-order valence-electron chi connectivity index (χ2n) is 14.4. The Labute approximate surface area is 352 Å². The average molecular weight is 834 g/mol. The van der Waals surface area contributed by atoms with Crippen LogP contribution in [0, 0.1) is 0 Å². The molecule has 0 aliphatic rings. The van der Waals surface area contributed by atoms with E-state index >= 15 is 0 Å². The first-order valence-electron chi connectivity index (χ1n) is 22.1. The van der Waals surface area contributed by atoms with Crippen LogP contribution < -0.4 is 5.73 Å². The highest BCUT2D eigenvalue weighted by molar-refractivity contribution is 7.47. The third-order valence-corrected chi connectivity index (χ3v) is 9.86. The van der Waals surface area contributed by atoms with E-state index in [0.717, 1.165) is 64.2 Å². The van der Waals surface area contributed by atoms with E-state index in [1.165, 1.54) is 64.2 Å². The first-order chi connectivity index (χ1) is 28.2. The van der Waals surface area contributed by atoms with Gasteiger partial charge in [-0.3, -0.25) is 18.6 Å². The second-order valence-corrected chi connectivity index (χ2v) is 15.9. The van der Waals surface area contributed by atoms with Crippen molar-refractivity contribution in [2.75, 3.05) is 26.4 Å². The number of phosphoric acid groups is 1. The number of rotatable bonds is 41. The molecule has 0 amide bonds. The molecule has 0 spiro atoms. The molecule has 0 aromatic rings. The van der Waals surface area contributed by atoms with Crippen molar-refractivity contribution in [1.29, 1.82) is 0 Å². The van der Waals surface area contributed by atoms with Crippen molar-refractivity contribution in [3.63, 3.8) is 0 Å². The van der Waals surface area contributed by atoms with Gasteiger partial charge in [0.1, 0.15) is 12.1 Å². The van der Waals surface area contributed by atoms with Crippen LogP contribution in [0.4, 0.5) is 0 Å². The number of hydrogen-bond donors (Lipinski definition) is 3. The lowest BCUT2D eigenvalue weighted by Gasteiger charge is -2.20. The van der Waals surface area contributed by atoms with Gasteiger partial charge in [0.2, 0.25) is 0 Å². The Morgan fingerprint density at radius 3 is 1.50 bits per heavy atom. The van der Waals surface area contributed by atoms with Gasteiger partial charge in [0, 0.05) is 13.0 Å². The summed E-state index contributed by atoms with van der Waals surface area (Å²) in [6.07, 6.45) is 53.6. The number of hydrogen-bond acceptors (Lipinski definition) is 8. The van der Waals surface area contributed by atoms with Crippen LogP contribution in [-0.4, -0.2) is 60.5 Å².